The minimum absolute atomic E-state index is 0.698. The zero-order valence-electron chi connectivity index (χ0n) is 5.87. The summed E-state index contributed by atoms with van der Waals surface area (Å²) in [6.45, 7) is 2.62. The van der Waals surface area contributed by atoms with Crippen LogP contribution in [0, 0.1) is 0 Å². The van der Waals surface area contributed by atoms with Crippen molar-refractivity contribution in [3.8, 4) is 0 Å². The number of nitrogens with one attached hydrogen (secondary N) is 1. The maximum Gasteiger partial charge on any atom is 0.215 e. The molecular weight excluding hydrogens is 128 g/mol. The number of amides is 1. The normalized spacial score (nSPS) is 9.30. The van der Waals surface area contributed by atoms with Crippen LogP contribution in [-0.4, -0.2) is 17.9 Å². The molecule has 1 aromatic rings. The summed E-state index contributed by atoms with van der Waals surface area (Å²) in [5, 5.41) is 0. The minimum Gasteiger partial charge on any atom is -0.348 e. The van der Waals surface area contributed by atoms with Crippen molar-refractivity contribution in [3.63, 3.8) is 0 Å². The number of nitrogens with zero attached hydrogens (tertiary/aromatic N) is 1. The molecule has 0 spiro atoms. The fourth-order valence-corrected chi connectivity index (χ4v) is 0.801. The van der Waals surface area contributed by atoms with Gasteiger partial charge in [-0.05, 0) is 19.1 Å². The van der Waals surface area contributed by atoms with Gasteiger partial charge in [0.05, 0.1) is 0 Å². The number of H-pyrrole nitrogens is 1. The largest absolute Gasteiger partial charge is 0.348 e. The Morgan fingerprint density at radius 3 is 3.00 bits per heavy atom. The van der Waals surface area contributed by atoms with Gasteiger partial charge < -0.3 is 9.88 Å². The summed E-state index contributed by atoms with van der Waals surface area (Å²) in [4.78, 5) is 14.9. The number of anilines is 1. The molecule has 0 aliphatic carbocycles. The number of rotatable bonds is 3. The molecule has 3 nitrogen and oxygen atoms in total. The van der Waals surface area contributed by atoms with Crippen molar-refractivity contribution in [2.75, 3.05) is 11.4 Å². The number of hydrogen-bond donors (Lipinski definition) is 1. The second kappa shape index (κ2) is 3.06. The van der Waals surface area contributed by atoms with Gasteiger partial charge in [0.1, 0.15) is 5.82 Å². The van der Waals surface area contributed by atoms with Crippen LogP contribution in [0.1, 0.15) is 6.92 Å². The number of aromatic nitrogens is 1. The lowest BCUT2D eigenvalue weighted by molar-refractivity contribution is -0.107. The number of hydrogen-bond acceptors (Lipinski definition) is 1. The third-order valence-electron chi connectivity index (χ3n) is 1.36. The van der Waals surface area contributed by atoms with Gasteiger partial charge in [0.25, 0.3) is 0 Å². The van der Waals surface area contributed by atoms with Crippen LogP contribution in [0.3, 0.4) is 0 Å². The third kappa shape index (κ3) is 1.18. The first-order chi connectivity index (χ1) is 4.88. The van der Waals surface area contributed by atoms with Crippen molar-refractivity contribution in [2.24, 2.45) is 0 Å². The van der Waals surface area contributed by atoms with Crippen LogP contribution in [-0.2, 0) is 4.79 Å². The van der Waals surface area contributed by atoms with Gasteiger partial charge in [0, 0.05) is 12.7 Å². The lowest BCUT2D eigenvalue weighted by Gasteiger charge is -2.10. The molecule has 0 atom stereocenters. The van der Waals surface area contributed by atoms with Gasteiger partial charge in [-0.25, -0.2) is 0 Å². The molecule has 0 bridgehead atoms. The second-order valence-electron chi connectivity index (χ2n) is 1.95. The average molecular weight is 138 g/mol. The predicted molar refractivity (Wildman–Crippen MR) is 39.9 cm³/mol. The lowest BCUT2D eigenvalue weighted by Crippen LogP contribution is -2.20. The van der Waals surface area contributed by atoms with Crippen molar-refractivity contribution < 1.29 is 4.79 Å². The van der Waals surface area contributed by atoms with E-state index < -0.39 is 0 Å². The van der Waals surface area contributed by atoms with E-state index in [4.69, 9.17) is 0 Å². The van der Waals surface area contributed by atoms with Crippen LogP contribution >= 0.6 is 0 Å². The van der Waals surface area contributed by atoms with Crippen molar-refractivity contribution in [1.82, 2.24) is 4.98 Å². The maximum atomic E-state index is 10.3. The Balaban J connectivity index is 2.73. The van der Waals surface area contributed by atoms with Gasteiger partial charge >= 0.3 is 0 Å². The Labute approximate surface area is 59.7 Å². The highest BCUT2D eigenvalue weighted by molar-refractivity contribution is 5.72. The summed E-state index contributed by atoms with van der Waals surface area (Å²) in [5.74, 6) is 0.845. The first kappa shape index (κ1) is 6.86. The number of carbonyl (C=O) groups is 1. The van der Waals surface area contributed by atoms with Crippen LogP contribution in [0.15, 0.2) is 18.3 Å². The topological polar surface area (TPSA) is 36.1 Å². The van der Waals surface area contributed by atoms with E-state index in [2.05, 4.69) is 4.98 Å². The molecule has 0 saturated carbocycles. The van der Waals surface area contributed by atoms with Crippen molar-refractivity contribution in [3.05, 3.63) is 18.3 Å². The smallest absolute Gasteiger partial charge is 0.215 e. The van der Waals surface area contributed by atoms with E-state index in [1.165, 1.54) is 0 Å². The zero-order chi connectivity index (χ0) is 7.40. The molecule has 0 unspecified atom stereocenters. The Kier molecular flexibility index (Phi) is 2.10. The van der Waals surface area contributed by atoms with E-state index in [1.807, 2.05) is 19.1 Å². The van der Waals surface area contributed by atoms with Crippen molar-refractivity contribution in [1.29, 1.82) is 0 Å². The quantitative estimate of drug-likeness (QED) is 0.621. The van der Waals surface area contributed by atoms with Crippen LogP contribution in [0.2, 0.25) is 0 Å². The van der Waals surface area contributed by atoms with E-state index >= 15 is 0 Å². The molecule has 1 aromatic heterocycles. The molecule has 0 fully saturated rings. The highest BCUT2D eigenvalue weighted by Crippen LogP contribution is 2.06. The van der Waals surface area contributed by atoms with E-state index in [9.17, 15) is 4.79 Å². The summed E-state index contributed by atoms with van der Waals surface area (Å²) < 4.78 is 0. The van der Waals surface area contributed by atoms with Gasteiger partial charge in [-0.15, -0.1) is 0 Å². The molecule has 1 rings (SSSR count). The molecule has 0 radical (unpaired) electrons. The van der Waals surface area contributed by atoms with E-state index in [1.54, 1.807) is 11.1 Å². The fourth-order valence-electron chi connectivity index (χ4n) is 0.801. The maximum absolute atomic E-state index is 10.3. The first-order valence-corrected chi connectivity index (χ1v) is 3.23. The molecule has 54 valence electrons. The Morgan fingerprint density at radius 1 is 1.80 bits per heavy atom. The molecule has 0 aliphatic rings. The summed E-state index contributed by atoms with van der Waals surface area (Å²) in [7, 11) is 0. The van der Waals surface area contributed by atoms with Crippen LogP contribution < -0.4 is 4.90 Å². The number of aromatic amines is 1. The van der Waals surface area contributed by atoms with Crippen molar-refractivity contribution in [2.45, 2.75) is 6.92 Å². The minimum atomic E-state index is 0.698. The van der Waals surface area contributed by atoms with Crippen LogP contribution in [0.25, 0.3) is 0 Å². The highest BCUT2D eigenvalue weighted by atomic mass is 16.1. The fraction of sp³-hybridized carbons (Fsp3) is 0.286. The molecule has 1 N–H and O–H groups in total. The lowest BCUT2D eigenvalue weighted by atomic mass is 10.5. The van der Waals surface area contributed by atoms with Crippen LogP contribution in [0.4, 0.5) is 5.82 Å². The van der Waals surface area contributed by atoms with E-state index in [0.717, 1.165) is 12.2 Å². The molecule has 0 aliphatic heterocycles. The predicted octanol–water partition coefficient (Wildman–Crippen LogP) is 0.997. The SMILES string of the molecule is CCN(C=O)c1ccc[nH]1. The highest BCUT2D eigenvalue weighted by Gasteiger charge is 1.99. The summed E-state index contributed by atoms with van der Waals surface area (Å²) >= 11 is 0. The zero-order valence-corrected chi connectivity index (χ0v) is 5.87. The van der Waals surface area contributed by atoms with E-state index in [-0.39, 0.29) is 0 Å². The monoisotopic (exact) mass is 138 g/mol. The van der Waals surface area contributed by atoms with E-state index in [0.29, 0.717) is 6.54 Å². The molecule has 0 aromatic carbocycles. The van der Waals surface area contributed by atoms with Crippen LogP contribution in [0.5, 0.6) is 0 Å². The molecule has 10 heavy (non-hydrogen) atoms. The van der Waals surface area contributed by atoms with Gasteiger partial charge in [-0.2, -0.15) is 0 Å². The average Bonchev–Trinajstić information content (AvgIpc) is 2.43. The van der Waals surface area contributed by atoms with Gasteiger partial charge in [-0.3, -0.25) is 4.79 Å². The molecular formula is C7H10N2O. The molecule has 1 amide bonds. The third-order valence-corrected chi connectivity index (χ3v) is 1.36. The summed E-state index contributed by atoms with van der Waals surface area (Å²) in [6, 6.07) is 3.72. The molecule has 0 saturated heterocycles. The second-order valence-corrected chi connectivity index (χ2v) is 1.95. The number of carbonyl (C=O) groups excluding carboxylic acids is 1. The Morgan fingerprint density at radius 2 is 2.60 bits per heavy atom. The van der Waals surface area contributed by atoms with Gasteiger partial charge in [0.2, 0.25) is 6.41 Å². The molecule has 3 heteroatoms. The summed E-state index contributed by atoms with van der Waals surface area (Å²) in [6.07, 6.45) is 2.60. The Hall–Kier alpha value is -1.25. The molecule has 1 heterocycles. The van der Waals surface area contributed by atoms with Gasteiger partial charge in [-0.1, -0.05) is 0 Å². The van der Waals surface area contributed by atoms with Crippen molar-refractivity contribution >= 4 is 12.2 Å². The van der Waals surface area contributed by atoms with Gasteiger partial charge in [0.15, 0.2) is 0 Å². The standard InChI is InChI=1S/C7H10N2O/c1-2-9(6-10)7-4-3-5-8-7/h3-6,8H,2H2,1H3. The summed E-state index contributed by atoms with van der Waals surface area (Å²) in [5.41, 5.74) is 0. The first-order valence-electron chi connectivity index (χ1n) is 3.23. The Bertz CT molecular complexity index is 193.